The van der Waals surface area contributed by atoms with Crippen molar-refractivity contribution in [2.75, 3.05) is 18.5 Å². The molecule has 7 heteroatoms. The fraction of sp³-hybridized carbons (Fsp3) is 0.261. The number of H-pyrrole nitrogens is 1. The van der Waals surface area contributed by atoms with E-state index in [2.05, 4.69) is 33.8 Å². The van der Waals surface area contributed by atoms with Crippen molar-refractivity contribution >= 4 is 22.8 Å². The van der Waals surface area contributed by atoms with Gasteiger partial charge in [0.25, 0.3) is 5.91 Å². The maximum absolute atomic E-state index is 12.4. The van der Waals surface area contributed by atoms with Crippen molar-refractivity contribution in [3.8, 4) is 11.3 Å². The van der Waals surface area contributed by atoms with Gasteiger partial charge in [-0.05, 0) is 25.5 Å². The van der Waals surface area contributed by atoms with E-state index in [4.69, 9.17) is 4.98 Å². The summed E-state index contributed by atoms with van der Waals surface area (Å²) in [7, 11) is 0. The number of nitrogens with zero attached hydrogens (tertiary/aromatic N) is 2. The molecule has 0 saturated carbocycles. The highest BCUT2D eigenvalue weighted by atomic mass is 16.3. The average molecular weight is 403 g/mol. The zero-order valence-corrected chi connectivity index (χ0v) is 16.9. The van der Waals surface area contributed by atoms with Crippen LogP contribution in [0.5, 0.6) is 0 Å². The molecule has 4 rings (SSSR count). The minimum absolute atomic E-state index is 0.0749. The second-order valence-corrected chi connectivity index (χ2v) is 7.44. The number of amides is 1. The van der Waals surface area contributed by atoms with Crippen LogP contribution in [-0.4, -0.2) is 45.2 Å². The number of para-hydroxylation sites is 1. The first-order valence-corrected chi connectivity index (χ1v) is 9.95. The molecule has 1 aromatic carbocycles. The zero-order chi connectivity index (χ0) is 21.3. The number of benzene rings is 1. The molecule has 0 radical (unpaired) electrons. The van der Waals surface area contributed by atoms with Crippen molar-refractivity contribution in [2.45, 2.75) is 25.3 Å². The molecule has 2 aromatic heterocycles. The van der Waals surface area contributed by atoms with Gasteiger partial charge in [-0.2, -0.15) is 0 Å². The second-order valence-electron chi connectivity index (χ2n) is 7.44. The Balaban J connectivity index is 1.83. The number of rotatable bonds is 7. The van der Waals surface area contributed by atoms with Gasteiger partial charge in [0.15, 0.2) is 0 Å². The van der Waals surface area contributed by atoms with Crippen LogP contribution in [0, 0.1) is 6.92 Å². The number of carbonyl (C=O) groups is 1. The van der Waals surface area contributed by atoms with Crippen molar-refractivity contribution in [1.82, 2.24) is 20.3 Å². The minimum atomic E-state index is -0.316. The largest absolute Gasteiger partial charge is 0.394 e. The van der Waals surface area contributed by atoms with Gasteiger partial charge in [0.1, 0.15) is 11.3 Å². The Morgan fingerprint density at radius 1 is 1.33 bits per heavy atom. The maximum atomic E-state index is 12.4. The van der Waals surface area contributed by atoms with Gasteiger partial charge in [0.2, 0.25) is 0 Å². The Morgan fingerprint density at radius 2 is 2.17 bits per heavy atom. The summed E-state index contributed by atoms with van der Waals surface area (Å²) in [6, 6.07) is 7.37. The Morgan fingerprint density at radius 3 is 2.90 bits per heavy atom. The lowest BCUT2D eigenvalue weighted by atomic mass is 9.94. The van der Waals surface area contributed by atoms with Crippen LogP contribution in [0.1, 0.15) is 34.1 Å². The highest BCUT2D eigenvalue weighted by molar-refractivity contribution is 6.00. The van der Waals surface area contributed by atoms with Gasteiger partial charge in [-0.15, -0.1) is 13.2 Å². The summed E-state index contributed by atoms with van der Waals surface area (Å²) in [5.41, 5.74) is 5.47. The molecule has 0 aliphatic carbocycles. The second kappa shape index (κ2) is 8.12. The number of allylic oxidation sites excluding steroid dienone is 1. The topological polar surface area (TPSA) is 103 Å². The lowest BCUT2D eigenvalue weighted by Crippen LogP contribution is -2.34. The van der Waals surface area contributed by atoms with Crippen LogP contribution in [0.25, 0.3) is 22.3 Å². The number of aryl methyl sites for hydroxylation is 1. The number of aliphatic hydroxyl groups is 1. The van der Waals surface area contributed by atoms with Crippen LogP contribution in [0.15, 0.2) is 49.6 Å². The number of hydrogen-bond acceptors (Lipinski definition) is 5. The Bertz CT molecular complexity index is 1130. The van der Waals surface area contributed by atoms with Gasteiger partial charge >= 0.3 is 0 Å². The van der Waals surface area contributed by atoms with E-state index in [0.29, 0.717) is 23.4 Å². The van der Waals surface area contributed by atoms with E-state index >= 15 is 0 Å². The summed E-state index contributed by atoms with van der Waals surface area (Å²) in [4.78, 5) is 25.3. The first-order valence-electron chi connectivity index (χ1n) is 9.95. The van der Waals surface area contributed by atoms with E-state index in [0.717, 1.165) is 34.6 Å². The lowest BCUT2D eigenvalue weighted by molar-refractivity contribution is 0.0940. The monoisotopic (exact) mass is 403 g/mol. The molecule has 2 atom stereocenters. The number of nitrogens with one attached hydrogen (secondary N) is 3. The van der Waals surface area contributed by atoms with Crippen LogP contribution in [0.3, 0.4) is 0 Å². The van der Waals surface area contributed by atoms with Crippen molar-refractivity contribution in [3.63, 3.8) is 0 Å². The Kier molecular flexibility index (Phi) is 5.37. The molecule has 3 heterocycles. The standard InChI is InChI=1S/C23H25N5O2/c1-4-7-14-11-24-23(30)17-10-19(27-20(14)17)16-8-6-9-18-21(16)28-22(13(3)25-18)26-15(5-2)12-29/h4-6,8-10,14-15,27,29H,1-2,7,11-12H2,3H3,(H,24,30)(H,26,28). The highest BCUT2D eigenvalue weighted by Crippen LogP contribution is 2.34. The number of fused-ring (bicyclic) bond motifs is 2. The summed E-state index contributed by atoms with van der Waals surface area (Å²) < 4.78 is 0. The molecule has 0 fully saturated rings. The van der Waals surface area contributed by atoms with Crippen molar-refractivity contribution < 1.29 is 9.90 Å². The minimum Gasteiger partial charge on any atom is -0.394 e. The number of carbonyl (C=O) groups excluding carboxylic acids is 1. The van der Waals surface area contributed by atoms with Gasteiger partial charge in [0.05, 0.1) is 29.4 Å². The van der Waals surface area contributed by atoms with E-state index in [1.165, 1.54) is 0 Å². The number of hydrogen-bond donors (Lipinski definition) is 4. The molecule has 0 bridgehead atoms. The fourth-order valence-electron chi connectivity index (χ4n) is 3.82. The molecule has 2 unspecified atom stereocenters. The van der Waals surface area contributed by atoms with Gasteiger partial charge in [0, 0.05) is 29.4 Å². The predicted octanol–water partition coefficient (Wildman–Crippen LogP) is 3.30. The molecule has 1 aliphatic heterocycles. The molecule has 4 N–H and O–H groups in total. The van der Waals surface area contributed by atoms with Gasteiger partial charge in [-0.1, -0.05) is 24.3 Å². The van der Waals surface area contributed by atoms with Crippen LogP contribution in [0.4, 0.5) is 5.82 Å². The lowest BCUT2D eigenvalue weighted by Gasteiger charge is -2.21. The van der Waals surface area contributed by atoms with Crippen molar-refractivity contribution in [1.29, 1.82) is 0 Å². The van der Waals surface area contributed by atoms with Crippen molar-refractivity contribution in [2.24, 2.45) is 0 Å². The van der Waals surface area contributed by atoms with E-state index < -0.39 is 0 Å². The summed E-state index contributed by atoms with van der Waals surface area (Å²) in [5, 5.41) is 15.6. The first-order chi connectivity index (χ1) is 14.5. The Hall–Kier alpha value is -3.45. The van der Waals surface area contributed by atoms with Gasteiger partial charge in [-0.25, -0.2) is 9.97 Å². The predicted molar refractivity (Wildman–Crippen MR) is 119 cm³/mol. The SMILES string of the molecule is C=CCC1CNC(=O)c2cc(-c3cccc4nc(C)c(NC(C=C)CO)nc34)[nH]c21. The molecule has 1 amide bonds. The zero-order valence-electron chi connectivity index (χ0n) is 16.9. The fourth-order valence-corrected chi connectivity index (χ4v) is 3.82. The van der Waals surface area contributed by atoms with Crippen molar-refractivity contribution in [3.05, 3.63) is 66.5 Å². The molecule has 7 nitrogen and oxygen atoms in total. The van der Waals surface area contributed by atoms with E-state index in [-0.39, 0.29) is 24.5 Å². The summed E-state index contributed by atoms with van der Waals surface area (Å²) >= 11 is 0. The molecule has 3 aromatic rings. The highest BCUT2D eigenvalue weighted by Gasteiger charge is 2.27. The van der Waals surface area contributed by atoms with Gasteiger partial charge in [-0.3, -0.25) is 4.79 Å². The normalized spacial score (nSPS) is 16.6. The summed E-state index contributed by atoms with van der Waals surface area (Å²) in [5.74, 6) is 0.684. The summed E-state index contributed by atoms with van der Waals surface area (Å²) in [6.45, 7) is 9.93. The van der Waals surface area contributed by atoms with Crippen LogP contribution < -0.4 is 10.6 Å². The number of aromatic amines is 1. The molecule has 154 valence electrons. The maximum Gasteiger partial charge on any atom is 0.253 e. The molecular formula is C23H25N5O2. The molecule has 30 heavy (non-hydrogen) atoms. The van der Waals surface area contributed by atoms with Crippen LogP contribution in [0.2, 0.25) is 0 Å². The van der Waals surface area contributed by atoms with Gasteiger partial charge < -0.3 is 20.7 Å². The Labute approximate surface area is 175 Å². The third-order valence-corrected chi connectivity index (χ3v) is 5.42. The average Bonchev–Trinajstić information content (AvgIpc) is 3.20. The third-order valence-electron chi connectivity index (χ3n) is 5.42. The molecule has 0 spiro atoms. The smallest absolute Gasteiger partial charge is 0.253 e. The van der Waals surface area contributed by atoms with E-state index in [9.17, 15) is 9.90 Å². The van der Waals surface area contributed by atoms with Crippen LogP contribution >= 0.6 is 0 Å². The summed E-state index contributed by atoms with van der Waals surface area (Å²) in [6.07, 6.45) is 4.28. The molecule has 0 saturated heterocycles. The quantitative estimate of drug-likeness (QED) is 0.453. The first kappa shape index (κ1) is 19.8. The van der Waals surface area contributed by atoms with Crippen LogP contribution in [-0.2, 0) is 0 Å². The third kappa shape index (κ3) is 3.48. The number of anilines is 1. The number of aliphatic hydroxyl groups excluding tert-OH is 1. The van der Waals surface area contributed by atoms with E-state index in [1.807, 2.05) is 37.3 Å². The number of aromatic nitrogens is 3. The van der Waals surface area contributed by atoms with E-state index in [1.54, 1.807) is 6.08 Å². The molecule has 1 aliphatic rings. The molecular weight excluding hydrogens is 378 g/mol.